The number of carbonyl (C=O) groups excluding carboxylic acids is 1. The highest BCUT2D eigenvalue weighted by atomic mass is 32.2. The summed E-state index contributed by atoms with van der Waals surface area (Å²) in [6.45, 7) is 5.10. The minimum Gasteiger partial charge on any atom is -0.337 e. The SMILES string of the molecule is CC(C)[C@H]1CN(C(=O)c2cnc3c(c2)CCC3)C[C@@H]1NS(C)(=O)=O. The molecule has 0 radical (unpaired) electrons. The molecule has 0 bridgehead atoms. The van der Waals surface area contributed by atoms with E-state index in [0.29, 0.717) is 24.6 Å². The topological polar surface area (TPSA) is 79.4 Å². The molecule has 3 rings (SSSR count). The lowest BCUT2D eigenvalue weighted by Gasteiger charge is -2.21. The van der Waals surface area contributed by atoms with Crippen LogP contribution in [0.4, 0.5) is 0 Å². The van der Waals surface area contributed by atoms with Gasteiger partial charge < -0.3 is 4.90 Å². The smallest absolute Gasteiger partial charge is 0.255 e. The molecule has 2 heterocycles. The minimum atomic E-state index is -3.30. The minimum absolute atomic E-state index is 0.0550. The number of nitrogens with zero attached hydrogens (tertiary/aromatic N) is 2. The highest BCUT2D eigenvalue weighted by Gasteiger charge is 2.38. The van der Waals surface area contributed by atoms with E-state index in [1.165, 1.54) is 11.8 Å². The predicted molar refractivity (Wildman–Crippen MR) is 92.3 cm³/mol. The van der Waals surface area contributed by atoms with Crippen LogP contribution in [0.5, 0.6) is 0 Å². The molecule has 1 aliphatic carbocycles. The number of nitrogens with one attached hydrogen (secondary N) is 1. The summed E-state index contributed by atoms with van der Waals surface area (Å²) in [6.07, 6.45) is 5.90. The molecular formula is C17H25N3O3S. The Morgan fingerprint density at radius 3 is 2.75 bits per heavy atom. The number of likely N-dealkylation sites (tertiary alicyclic amines) is 1. The molecule has 24 heavy (non-hydrogen) atoms. The summed E-state index contributed by atoms with van der Waals surface area (Å²) < 4.78 is 25.9. The van der Waals surface area contributed by atoms with Crippen molar-refractivity contribution in [2.75, 3.05) is 19.3 Å². The van der Waals surface area contributed by atoms with Crippen LogP contribution in [0.25, 0.3) is 0 Å². The zero-order valence-electron chi connectivity index (χ0n) is 14.4. The fourth-order valence-corrected chi connectivity index (χ4v) is 4.60. The van der Waals surface area contributed by atoms with Gasteiger partial charge in [-0.25, -0.2) is 13.1 Å². The Kier molecular flexibility index (Phi) is 4.66. The highest BCUT2D eigenvalue weighted by molar-refractivity contribution is 7.88. The first-order valence-electron chi connectivity index (χ1n) is 8.49. The third-order valence-electron chi connectivity index (χ3n) is 5.04. The largest absolute Gasteiger partial charge is 0.337 e. The molecular weight excluding hydrogens is 326 g/mol. The van der Waals surface area contributed by atoms with Crippen LogP contribution in [0.1, 0.15) is 41.9 Å². The molecule has 1 N–H and O–H groups in total. The van der Waals surface area contributed by atoms with Crippen LogP contribution in [-0.2, 0) is 22.9 Å². The number of aromatic nitrogens is 1. The summed E-state index contributed by atoms with van der Waals surface area (Å²) >= 11 is 0. The van der Waals surface area contributed by atoms with E-state index in [1.54, 1.807) is 11.1 Å². The quantitative estimate of drug-likeness (QED) is 0.884. The predicted octanol–water partition coefficient (Wildman–Crippen LogP) is 1.22. The molecule has 1 aromatic rings. The number of hydrogen-bond acceptors (Lipinski definition) is 4. The van der Waals surface area contributed by atoms with E-state index in [1.807, 2.05) is 6.07 Å². The molecule has 2 atom stereocenters. The summed E-state index contributed by atoms with van der Waals surface area (Å²) in [6, 6.07) is 1.73. The molecule has 1 aromatic heterocycles. The van der Waals surface area contributed by atoms with Crippen LogP contribution >= 0.6 is 0 Å². The molecule has 0 aromatic carbocycles. The summed E-state index contributed by atoms with van der Waals surface area (Å²) in [5.41, 5.74) is 2.88. The van der Waals surface area contributed by atoms with Gasteiger partial charge in [0.05, 0.1) is 11.8 Å². The summed E-state index contributed by atoms with van der Waals surface area (Å²) in [5.74, 6) is 0.354. The second-order valence-electron chi connectivity index (χ2n) is 7.30. The van der Waals surface area contributed by atoms with Gasteiger partial charge >= 0.3 is 0 Å². The Labute approximate surface area is 143 Å². The number of carbonyl (C=O) groups is 1. The number of amides is 1. The van der Waals surface area contributed by atoms with Gasteiger partial charge in [-0.15, -0.1) is 0 Å². The lowest BCUT2D eigenvalue weighted by Crippen LogP contribution is -2.41. The lowest BCUT2D eigenvalue weighted by atomic mass is 9.92. The Bertz CT molecular complexity index is 745. The fourth-order valence-electron chi connectivity index (χ4n) is 3.80. The van der Waals surface area contributed by atoms with Crippen molar-refractivity contribution < 1.29 is 13.2 Å². The first kappa shape index (κ1) is 17.4. The highest BCUT2D eigenvalue weighted by Crippen LogP contribution is 2.27. The number of hydrogen-bond donors (Lipinski definition) is 1. The van der Waals surface area contributed by atoms with Crippen molar-refractivity contribution in [1.29, 1.82) is 0 Å². The second-order valence-corrected chi connectivity index (χ2v) is 9.08. The normalized spacial score (nSPS) is 23.8. The van der Waals surface area contributed by atoms with Crippen LogP contribution in [0, 0.1) is 11.8 Å². The van der Waals surface area contributed by atoms with Gasteiger partial charge in [-0.3, -0.25) is 9.78 Å². The van der Waals surface area contributed by atoms with Gasteiger partial charge in [0.15, 0.2) is 0 Å². The van der Waals surface area contributed by atoms with E-state index >= 15 is 0 Å². The molecule has 7 heteroatoms. The van der Waals surface area contributed by atoms with Gasteiger partial charge in [0.2, 0.25) is 10.0 Å². The first-order valence-corrected chi connectivity index (χ1v) is 10.4. The molecule has 1 aliphatic heterocycles. The third-order valence-corrected chi connectivity index (χ3v) is 5.77. The van der Waals surface area contributed by atoms with Crippen molar-refractivity contribution >= 4 is 15.9 Å². The van der Waals surface area contributed by atoms with Crippen molar-refractivity contribution in [1.82, 2.24) is 14.6 Å². The van der Waals surface area contributed by atoms with Crippen LogP contribution in [-0.4, -0.2) is 49.6 Å². The van der Waals surface area contributed by atoms with Crippen LogP contribution in [0.2, 0.25) is 0 Å². The zero-order chi connectivity index (χ0) is 17.5. The maximum Gasteiger partial charge on any atom is 0.255 e. The maximum atomic E-state index is 12.8. The van der Waals surface area contributed by atoms with Crippen molar-refractivity contribution in [2.45, 2.75) is 39.2 Å². The van der Waals surface area contributed by atoms with Crippen LogP contribution < -0.4 is 4.72 Å². The van der Waals surface area contributed by atoms with Crippen molar-refractivity contribution in [2.24, 2.45) is 11.8 Å². The van der Waals surface area contributed by atoms with Crippen molar-refractivity contribution in [3.63, 3.8) is 0 Å². The molecule has 1 fully saturated rings. The molecule has 6 nitrogen and oxygen atoms in total. The van der Waals surface area contributed by atoms with Gasteiger partial charge in [0, 0.05) is 31.0 Å². The van der Waals surface area contributed by atoms with Crippen LogP contribution in [0.15, 0.2) is 12.3 Å². The monoisotopic (exact) mass is 351 g/mol. The number of fused-ring (bicyclic) bond motifs is 1. The van der Waals surface area contributed by atoms with Gasteiger partial charge in [-0.2, -0.15) is 0 Å². The number of aryl methyl sites for hydroxylation is 2. The molecule has 0 spiro atoms. The van der Waals surface area contributed by atoms with Crippen molar-refractivity contribution in [3.8, 4) is 0 Å². The van der Waals surface area contributed by atoms with Crippen LogP contribution in [0.3, 0.4) is 0 Å². The van der Waals surface area contributed by atoms with E-state index in [0.717, 1.165) is 25.0 Å². The summed E-state index contributed by atoms with van der Waals surface area (Å²) in [5, 5.41) is 0. The van der Waals surface area contributed by atoms with Gasteiger partial charge in [0.1, 0.15) is 0 Å². The lowest BCUT2D eigenvalue weighted by molar-refractivity contribution is 0.0782. The molecule has 1 amide bonds. The summed E-state index contributed by atoms with van der Waals surface area (Å²) in [7, 11) is -3.30. The molecule has 1 saturated heterocycles. The molecule has 0 saturated carbocycles. The van der Waals surface area contributed by atoms with E-state index in [4.69, 9.17) is 0 Å². The second kappa shape index (κ2) is 6.44. The molecule has 2 aliphatic rings. The Morgan fingerprint density at radius 2 is 2.08 bits per heavy atom. The van der Waals surface area contributed by atoms with Gasteiger partial charge in [-0.1, -0.05) is 13.8 Å². The average Bonchev–Trinajstić information content (AvgIpc) is 3.10. The Morgan fingerprint density at radius 1 is 1.33 bits per heavy atom. The maximum absolute atomic E-state index is 12.8. The Hall–Kier alpha value is -1.47. The molecule has 132 valence electrons. The number of rotatable bonds is 4. The van der Waals surface area contributed by atoms with Gasteiger partial charge in [0.25, 0.3) is 5.91 Å². The fraction of sp³-hybridized carbons (Fsp3) is 0.647. The van der Waals surface area contributed by atoms with E-state index in [2.05, 4.69) is 23.6 Å². The summed E-state index contributed by atoms with van der Waals surface area (Å²) in [4.78, 5) is 19.0. The zero-order valence-corrected chi connectivity index (χ0v) is 15.3. The average molecular weight is 351 g/mol. The van der Waals surface area contributed by atoms with E-state index in [-0.39, 0.29) is 17.9 Å². The van der Waals surface area contributed by atoms with Crippen molar-refractivity contribution in [3.05, 3.63) is 29.1 Å². The van der Waals surface area contributed by atoms with E-state index < -0.39 is 10.0 Å². The standard InChI is InChI=1S/C17H25N3O3S/c1-11(2)14-9-20(10-16(14)19-24(3,22)23)17(21)13-7-12-5-4-6-15(12)18-8-13/h7-8,11,14,16,19H,4-6,9-10H2,1-3H3/t14-,16+/m1/s1. The third kappa shape index (κ3) is 3.62. The number of pyridine rings is 1. The first-order chi connectivity index (χ1) is 11.2. The van der Waals surface area contributed by atoms with Gasteiger partial charge in [-0.05, 0) is 42.7 Å². The van der Waals surface area contributed by atoms with E-state index in [9.17, 15) is 13.2 Å². The Balaban J connectivity index is 1.78. The number of sulfonamides is 1. The molecule has 0 unspecified atom stereocenters.